The zero-order chi connectivity index (χ0) is 14.8. The molecule has 0 aliphatic heterocycles. The Morgan fingerprint density at radius 3 is 2.05 bits per heavy atom. The quantitative estimate of drug-likeness (QED) is 0.903. The maximum Gasteiger partial charge on any atom is 0.261 e. The minimum absolute atomic E-state index is 0.116. The van der Waals surface area contributed by atoms with Crippen molar-refractivity contribution in [2.75, 3.05) is 4.72 Å². The smallest absolute Gasteiger partial charge is 0.261 e. The van der Waals surface area contributed by atoms with Crippen LogP contribution < -0.4 is 10.5 Å². The number of benzene rings is 2. The van der Waals surface area contributed by atoms with Gasteiger partial charge < -0.3 is 5.73 Å². The SMILES string of the molecule is NCc1ccc(S(=O)(=O)Nc2c(Cl)cccc2Cl)cc1. The van der Waals surface area contributed by atoms with Crippen molar-refractivity contribution in [3.63, 3.8) is 0 Å². The molecule has 0 saturated carbocycles. The molecule has 0 amide bonds. The second kappa shape index (κ2) is 6.01. The van der Waals surface area contributed by atoms with E-state index >= 15 is 0 Å². The van der Waals surface area contributed by atoms with Crippen molar-refractivity contribution in [2.45, 2.75) is 11.4 Å². The Labute approximate surface area is 127 Å². The second-order valence-electron chi connectivity index (χ2n) is 4.05. The molecule has 106 valence electrons. The maximum absolute atomic E-state index is 12.2. The molecule has 0 radical (unpaired) electrons. The zero-order valence-electron chi connectivity index (χ0n) is 10.3. The molecule has 0 spiro atoms. The van der Waals surface area contributed by atoms with Gasteiger partial charge in [-0.25, -0.2) is 8.42 Å². The number of nitrogens with one attached hydrogen (secondary N) is 1. The van der Waals surface area contributed by atoms with Gasteiger partial charge in [0.2, 0.25) is 0 Å². The fourth-order valence-corrected chi connectivity index (χ4v) is 3.30. The molecule has 2 aromatic rings. The van der Waals surface area contributed by atoms with Gasteiger partial charge in [0.1, 0.15) is 0 Å². The highest BCUT2D eigenvalue weighted by Crippen LogP contribution is 2.31. The van der Waals surface area contributed by atoms with Gasteiger partial charge in [-0.2, -0.15) is 0 Å². The minimum Gasteiger partial charge on any atom is -0.326 e. The van der Waals surface area contributed by atoms with Crippen molar-refractivity contribution in [1.82, 2.24) is 0 Å². The molecule has 20 heavy (non-hydrogen) atoms. The summed E-state index contributed by atoms with van der Waals surface area (Å²) < 4.78 is 26.9. The number of halogens is 2. The molecule has 0 heterocycles. The Balaban J connectivity index is 2.35. The first-order valence-corrected chi connectivity index (χ1v) is 7.94. The molecule has 0 saturated heterocycles. The molecule has 0 aromatic heterocycles. The molecular formula is C13H12Cl2N2O2S. The van der Waals surface area contributed by atoms with Crippen LogP contribution in [0.4, 0.5) is 5.69 Å². The van der Waals surface area contributed by atoms with Crippen LogP contribution >= 0.6 is 23.2 Å². The van der Waals surface area contributed by atoms with E-state index in [1.807, 2.05) is 0 Å². The van der Waals surface area contributed by atoms with Crippen molar-refractivity contribution in [3.8, 4) is 0 Å². The first kappa shape index (κ1) is 15.1. The Bertz CT molecular complexity index is 695. The largest absolute Gasteiger partial charge is 0.326 e. The third kappa shape index (κ3) is 3.24. The summed E-state index contributed by atoms with van der Waals surface area (Å²) in [5.74, 6) is 0. The minimum atomic E-state index is -3.74. The summed E-state index contributed by atoms with van der Waals surface area (Å²) in [5.41, 5.74) is 6.48. The molecule has 0 bridgehead atoms. The van der Waals surface area contributed by atoms with E-state index in [9.17, 15) is 8.42 Å². The van der Waals surface area contributed by atoms with Gasteiger partial charge in [-0.1, -0.05) is 41.4 Å². The van der Waals surface area contributed by atoms with Crippen LogP contribution in [0.3, 0.4) is 0 Å². The molecule has 4 nitrogen and oxygen atoms in total. The van der Waals surface area contributed by atoms with Crippen LogP contribution in [0.5, 0.6) is 0 Å². The van der Waals surface area contributed by atoms with Gasteiger partial charge in [0.25, 0.3) is 10.0 Å². The molecule has 0 aliphatic carbocycles. The van der Waals surface area contributed by atoms with Gasteiger partial charge in [0.15, 0.2) is 0 Å². The monoisotopic (exact) mass is 330 g/mol. The van der Waals surface area contributed by atoms with Crippen LogP contribution in [-0.2, 0) is 16.6 Å². The average Bonchev–Trinajstić information content (AvgIpc) is 2.43. The molecule has 0 fully saturated rings. The maximum atomic E-state index is 12.2. The van der Waals surface area contributed by atoms with Crippen LogP contribution in [0.1, 0.15) is 5.56 Å². The second-order valence-corrected chi connectivity index (χ2v) is 6.55. The van der Waals surface area contributed by atoms with Crippen molar-refractivity contribution in [2.24, 2.45) is 5.73 Å². The summed E-state index contributed by atoms with van der Waals surface area (Å²) in [7, 11) is -3.74. The van der Waals surface area contributed by atoms with Gasteiger partial charge in [0.05, 0.1) is 20.6 Å². The van der Waals surface area contributed by atoms with E-state index in [0.29, 0.717) is 6.54 Å². The highest BCUT2D eigenvalue weighted by Gasteiger charge is 2.17. The lowest BCUT2D eigenvalue weighted by Gasteiger charge is -2.11. The van der Waals surface area contributed by atoms with E-state index < -0.39 is 10.0 Å². The normalized spacial score (nSPS) is 11.3. The van der Waals surface area contributed by atoms with Crippen LogP contribution in [0.25, 0.3) is 0 Å². The topological polar surface area (TPSA) is 72.2 Å². The van der Waals surface area contributed by atoms with Crippen molar-refractivity contribution in [1.29, 1.82) is 0 Å². The third-order valence-corrected chi connectivity index (χ3v) is 4.66. The fraction of sp³-hybridized carbons (Fsp3) is 0.0769. The zero-order valence-corrected chi connectivity index (χ0v) is 12.6. The first-order chi connectivity index (χ1) is 9.44. The van der Waals surface area contributed by atoms with E-state index in [1.165, 1.54) is 12.1 Å². The Kier molecular flexibility index (Phi) is 4.55. The molecule has 2 rings (SSSR count). The first-order valence-electron chi connectivity index (χ1n) is 5.70. The number of hydrogen-bond donors (Lipinski definition) is 2. The highest BCUT2D eigenvalue weighted by atomic mass is 35.5. The molecule has 7 heteroatoms. The lowest BCUT2D eigenvalue weighted by Crippen LogP contribution is -2.13. The van der Waals surface area contributed by atoms with E-state index in [-0.39, 0.29) is 20.6 Å². The summed E-state index contributed by atoms with van der Waals surface area (Å²) in [5, 5.41) is 0.472. The summed E-state index contributed by atoms with van der Waals surface area (Å²) in [4.78, 5) is 0.116. The van der Waals surface area contributed by atoms with Gasteiger partial charge in [0, 0.05) is 6.54 Å². The number of nitrogens with two attached hydrogens (primary N) is 1. The lowest BCUT2D eigenvalue weighted by molar-refractivity contribution is 0.601. The number of rotatable bonds is 4. The Hall–Kier alpha value is -1.27. The van der Waals surface area contributed by atoms with Crippen molar-refractivity contribution >= 4 is 38.9 Å². The Morgan fingerprint density at radius 1 is 1.00 bits per heavy atom. The number of para-hydroxylation sites is 1. The predicted octanol–water partition coefficient (Wildman–Crippen LogP) is 3.25. The summed E-state index contributed by atoms with van der Waals surface area (Å²) >= 11 is 11.9. The third-order valence-electron chi connectivity index (χ3n) is 2.67. The van der Waals surface area contributed by atoms with Crippen molar-refractivity contribution in [3.05, 3.63) is 58.1 Å². The molecule has 0 unspecified atom stereocenters. The van der Waals surface area contributed by atoms with Gasteiger partial charge >= 0.3 is 0 Å². The summed E-state index contributed by atoms with van der Waals surface area (Å²) in [6.07, 6.45) is 0. The molecular weight excluding hydrogens is 319 g/mol. The molecule has 3 N–H and O–H groups in total. The molecule has 0 atom stereocenters. The Morgan fingerprint density at radius 2 is 1.55 bits per heavy atom. The van der Waals surface area contributed by atoms with Crippen LogP contribution in [0, 0.1) is 0 Å². The van der Waals surface area contributed by atoms with Crippen LogP contribution in [-0.4, -0.2) is 8.42 Å². The predicted molar refractivity (Wildman–Crippen MR) is 81.6 cm³/mol. The average molecular weight is 331 g/mol. The fourth-order valence-electron chi connectivity index (χ4n) is 1.59. The van der Waals surface area contributed by atoms with Crippen molar-refractivity contribution < 1.29 is 8.42 Å². The van der Waals surface area contributed by atoms with Crippen LogP contribution in [0.2, 0.25) is 10.0 Å². The summed E-state index contributed by atoms with van der Waals surface area (Å²) in [6.45, 7) is 0.351. The van der Waals surface area contributed by atoms with Crippen LogP contribution in [0.15, 0.2) is 47.4 Å². The number of anilines is 1. The number of sulfonamides is 1. The summed E-state index contributed by atoms with van der Waals surface area (Å²) in [6, 6.07) is 11.0. The van der Waals surface area contributed by atoms with Gasteiger partial charge in [-0.05, 0) is 29.8 Å². The standard InChI is InChI=1S/C13H12Cl2N2O2S/c14-11-2-1-3-12(15)13(11)17-20(18,19)10-6-4-9(8-16)5-7-10/h1-7,17H,8,16H2. The van der Waals surface area contributed by atoms with E-state index in [4.69, 9.17) is 28.9 Å². The number of hydrogen-bond acceptors (Lipinski definition) is 3. The van der Waals surface area contributed by atoms with E-state index in [2.05, 4.69) is 4.72 Å². The van der Waals surface area contributed by atoms with Gasteiger partial charge in [-0.3, -0.25) is 4.72 Å². The van der Waals surface area contributed by atoms with Gasteiger partial charge in [-0.15, -0.1) is 0 Å². The van der Waals surface area contributed by atoms with E-state index in [0.717, 1.165) is 5.56 Å². The van der Waals surface area contributed by atoms with E-state index in [1.54, 1.807) is 30.3 Å². The molecule has 2 aromatic carbocycles. The molecule has 0 aliphatic rings. The highest BCUT2D eigenvalue weighted by molar-refractivity contribution is 7.92. The lowest BCUT2D eigenvalue weighted by atomic mass is 10.2.